The molecule has 0 spiro atoms. The van der Waals surface area contributed by atoms with Gasteiger partial charge in [-0.1, -0.05) is 24.3 Å². The van der Waals surface area contributed by atoms with Crippen LogP contribution in [0.1, 0.15) is 30.4 Å². The number of pyridine rings is 1. The minimum atomic E-state index is -0.297. The Morgan fingerprint density at radius 3 is 2.66 bits per heavy atom. The van der Waals surface area contributed by atoms with Crippen molar-refractivity contribution in [2.45, 2.75) is 25.7 Å². The van der Waals surface area contributed by atoms with Crippen molar-refractivity contribution in [3.8, 4) is 17.2 Å². The van der Waals surface area contributed by atoms with Crippen LogP contribution in [0.15, 0.2) is 72.7 Å². The first-order chi connectivity index (χ1) is 17.0. The maximum absolute atomic E-state index is 13.2. The highest BCUT2D eigenvalue weighted by atomic mass is 19.1. The fourth-order valence-corrected chi connectivity index (χ4v) is 3.46. The van der Waals surface area contributed by atoms with Crippen LogP contribution in [0.4, 0.5) is 10.2 Å². The predicted octanol–water partition coefficient (Wildman–Crippen LogP) is 4.55. The number of aromatic nitrogens is 3. The lowest BCUT2D eigenvalue weighted by Crippen LogP contribution is -2.13. The zero-order valence-electron chi connectivity index (χ0n) is 20.0. The van der Waals surface area contributed by atoms with E-state index in [1.807, 2.05) is 44.6 Å². The zero-order valence-corrected chi connectivity index (χ0v) is 20.0. The Hall–Kier alpha value is -4.09. The Balaban J connectivity index is 0.000000225. The van der Waals surface area contributed by atoms with Crippen LogP contribution in [0.2, 0.25) is 0 Å². The van der Waals surface area contributed by atoms with Crippen molar-refractivity contribution in [1.29, 1.82) is 5.26 Å². The number of amides is 1. The highest BCUT2D eigenvalue weighted by Crippen LogP contribution is 2.19. The second-order valence-corrected chi connectivity index (χ2v) is 8.09. The van der Waals surface area contributed by atoms with E-state index in [0.29, 0.717) is 29.8 Å². The molecule has 1 amide bonds. The van der Waals surface area contributed by atoms with E-state index in [2.05, 4.69) is 32.9 Å². The number of hydrogen-bond donors (Lipinski definition) is 2. The Labute approximate surface area is 205 Å². The molecule has 35 heavy (non-hydrogen) atoms. The number of nitrogens with one attached hydrogen (secondary N) is 2. The van der Waals surface area contributed by atoms with E-state index >= 15 is 0 Å². The van der Waals surface area contributed by atoms with Gasteiger partial charge in [0, 0.05) is 30.6 Å². The molecule has 0 aliphatic heterocycles. The lowest BCUT2D eigenvalue weighted by Gasteiger charge is -2.08. The van der Waals surface area contributed by atoms with Crippen molar-refractivity contribution in [3.63, 3.8) is 0 Å². The molecule has 180 valence electrons. The largest absolute Gasteiger partial charge is 0.319 e. The summed E-state index contributed by atoms with van der Waals surface area (Å²) in [7, 11) is 3.70. The van der Waals surface area contributed by atoms with Gasteiger partial charge < -0.3 is 10.6 Å². The average molecular weight is 473 g/mol. The van der Waals surface area contributed by atoms with E-state index in [9.17, 15) is 9.18 Å². The van der Waals surface area contributed by atoms with Gasteiger partial charge in [0.1, 0.15) is 11.6 Å². The Kier molecular flexibility index (Phi) is 9.46. The fraction of sp³-hybridized carbons (Fsp3) is 0.259. The third-order valence-electron chi connectivity index (χ3n) is 5.33. The van der Waals surface area contributed by atoms with Gasteiger partial charge in [0.15, 0.2) is 0 Å². The molecule has 2 aromatic heterocycles. The van der Waals surface area contributed by atoms with Gasteiger partial charge in [-0.2, -0.15) is 10.4 Å². The number of nitriles is 1. The Morgan fingerprint density at radius 1 is 1.20 bits per heavy atom. The first-order valence-corrected chi connectivity index (χ1v) is 11.4. The molecule has 0 saturated carbocycles. The Morgan fingerprint density at radius 2 is 2.06 bits per heavy atom. The molecular formula is C27H29FN6O. The van der Waals surface area contributed by atoms with Crippen LogP contribution in [-0.4, -0.2) is 34.3 Å². The molecule has 0 atom stereocenters. The zero-order chi connectivity index (χ0) is 25.0. The molecule has 4 rings (SSSR count). The van der Waals surface area contributed by atoms with Crippen molar-refractivity contribution in [1.82, 2.24) is 20.1 Å². The van der Waals surface area contributed by atoms with Crippen LogP contribution in [0.5, 0.6) is 0 Å². The SMILES string of the molecule is CNCCc1ccc(C#N)cc1F.Cn1cc(-c2ccc(NC(=O)CC3=CCCC=C3)nc2)cn1. The molecule has 2 N–H and O–H groups in total. The summed E-state index contributed by atoms with van der Waals surface area (Å²) in [5.74, 6) is 0.228. The summed E-state index contributed by atoms with van der Waals surface area (Å²) in [6.45, 7) is 0.739. The number of halogens is 1. The highest BCUT2D eigenvalue weighted by molar-refractivity contribution is 5.91. The fourth-order valence-electron chi connectivity index (χ4n) is 3.46. The van der Waals surface area contributed by atoms with Gasteiger partial charge in [-0.3, -0.25) is 9.48 Å². The molecule has 0 fully saturated rings. The number of anilines is 1. The molecular weight excluding hydrogens is 443 g/mol. The quantitative estimate of drug-likeness (QED) is 0.526. The van der Waals surface area contributed by atoms with Gasteiger partial charge >= 0.3 is 0 Å². The third-order valence-corrected chi connectivity index (χ3v) is 5.33. The molecule has 1 aliphatic rings. The molecule has 2 heterocycles. The number of benzene rings is 1. The van der Waals surface area contributed by atoms with Gasteiger partial charge in [-0.15, -0.1) is 0 Å². The van der Waals surface area contributed by atoms with Gasteiger partial charge in [-0.25, -0.2) is 9.37 Å². The van der Waals surface area contributed by atoms with Crippen molar-refractivity contribution < 1.29 is 9.18 Å². The smallest absolute Gasteiger partial charge is 0.229 e. The maximum atomic E-state index is 13.2. The molecule has 1 aliphatic carbocycles. The summed E-state index contributed by atoms with van der Waals surface area (Å²) in [6.07, 6.45) is 14.8. The minimum absolute atomic E-state index is 0.0422. The lowest BCUT2D eigenvalue weighted by atomic mass is 10.0. The first kappa shape index (κ1) is 25.5. The second kappa shape index (κ2) is 13.0. The van der Waals surface area contributed by atoms with Gasteiger partial charge in [-0.05, 0) is 68.3 Å². The standard InChI is InChI=1S/C17H18N4O.C10H11FN2/c1-21-12-15(11-19-21)14-7-8-16(18-10-14)20-17(22)9-13-5-3-2-4-6-13;1-13-5-4-9-3-2-8(7-12)6-10(9)11/h3,5-8,10-12H,2,4,9H2,1H3,(H,18,20,22);2-3,6,13H,4-5H2,1H3. The summed E-state index contributed by atoms with van der Waals surface area (Å²) in [4.78, 5) is 16.3. The van der Waals surface area contributed by atoms with Gasteiger partial charge in [0.25, 0.3) is 0 Å². The number of aryl methyl sites for hydroxylation is 1. The number of hydrogen-bond acceptors (Lipinski definition) is 5. The van der Waals surface area contributed by atoms with Crippen molar-refractivity contribution in [2.24, 2.45) is 7.05 Å². The van der Waals surface area contributed by atoms with Crippen LogP contribution in [0.25, 0.3) is 11.1 Å². The van der Waals surface area contributed by atoms with Crippen LogP contribution in [0, 0.1) is 17.1 Å². The molecule has 3 aromatic rings. The molecule has 0 bridgehead atoms. The highest BCUT2D eigenvalue weighted by Gasteiger charge is 2.08. The number of likely N-dealkylation sites (N-methyl/N-ethyl adjacent to an activating group) is 1. The molecule has 0 unspecified atom stereocenters. The first-order valence-electron chi connectivity index (χ1n) is 11.4. The van der Waals surface area contributed by atoms with Crippen molar-refractivity contribution >= 4 is 11.7 Å². The number of nitrogens with zero attached hydrogens (tertiary/aromatic N) is 4. The van der Waals surface area contributed by atoms with Gasteiger partial charge in [0.05, 0.1) is 24.3 Å². The summed E-state index contributed by atoms with van der Waals surface area (Å²) in [6, 6.07) is 10.2. The summed E-state index contributed by atoms with van der Waals surface area (Å²) in [5, 5.41) is 18.4. The predicted molar refractivity (Wildman–Crippen MR) is 135 cm³/mol. The molecule has 8 heteroatoms. The molecule has 0 radical (unpaired) electrons. The van der Waals surface area contributed by atoms with Gasteiger partial charge in [0.2, 0.25) is 5.91 Å². The van der Waals surface area contributed by atoms with Crippen LogP contribution < -0.4 is 10.6 Å². The number of rotatable bonds is 7. The minimum Gasteiger partial charge on any atom is -0.319 e. The average Bonchev–Trinajstić information content (AvgIpc) is 3.31. The van der Waals surface area contributed by atoms with E-state index < -0.39 is 0 Å². The van der Waals surface area contributed by atoms with E-state index in [1.54, 1.807) is 29.2 Å². The number of carbonyl (C=O) groups is 1. The van der Waals surface area contributed by atoms with Crippen molar-refractivity contribution in [2.75, 3.05) is 18.9 Å². The lowest BCUT2D eigenvalue weighted by molar-refractivity contribution is -0.115. The molecule has 0 saturated heterocycles. The normalized spacial score (nSPS) is 12.2. The van der Waals surface area contributed by atoms with Crippen molar-refractivity contribution in [3.05, 3.63) is 89.7 Å². The van der Waals surface area contributed by atoms with Crippen LogP contribution in [-0.2, 0) is 18.3 Å². The van der Waals surface area contributed by atoms with E-state index in [4.69, 9.17) is 5.26 Å². The monoisotopic (exact) mass is 472 g/mol. The maximum Gasteiger partial charge on any atom is 0.229 e. The van der Waals surface area contributed by atoms with E-state index in [0.717, 1.165) is 36.1 Å². The van der Waals surface area contributed by atoms with Crippen LogP contribution in [0.3, 0.4) is 0 Å². The Bertz CT molecular complexity index is 1240. The topological polar surface area (TPSA) is 95.6 Å². The van der Waals surface area contributed by atoms with E-state index in [-0.39, 0.29) is 11.7 Å². The second-order valence-electron chi connectivity index (χ2n) is 8.09. The van der Waals surface area contributed by atoms with E-state index in [1.165, 1.54) is 6.07 Å². The summed E-state index contributed by atoms with van der Waals surface area (Å²) in [5.41, 5.74) is 4.06. The summed E-state index contributed by atoms with van der Waals surface area (Å²) >= 11 is 0. The molecule has 1 aromatic carbocycles. The van der Waals surface area contributed by atoms with Crippen LogP contribution >= 0.6 is 0 Å². The number of carbonyl (C=O) groups excluding carboxylic acids is 1. The summed E-state index contributed by atoms with van der Waals surface area (Å²) < 4.78 is 14.9. The third kappa shape index (κ3) is 8.02. The number of allylic oxidation sites excluding steroid dienone is 3. The molecule has 7 nitrogen and oxygen atoms in total.